The molecule has 1 aromatic heterocycles. The van der Waals surface area contributed by atoms with Crippen LogP contribution in [0, 0.1) is 0 Å². The summed E-state index contributed by atoms with van der Waals surface area (Å²) in [5.74, 6) is -0.406. The number of likely N-dealkylation sites (tertiary alicyclic amines) is 1. The third-order valence-electron chi connectivity index (χ3n) is 3.14. The van der Waals surface area contributed by atoms with Crippen LogP contribution in [0.2, 0.25) is 0 Å². The third kappa shape index (κ3) is 2.20. The average Bonchev–Trinajstić information content (AvgIpc) is 2.81. The molecule has 1 aromatic rings. The van der Waals surface area contributed by atoms with E-state index in [1.54, 1.807) is 0 Å². The number of carbonyl (C=O) groups is 1. The van der Waals surface area contributed by atoms with Gasteiger partial charge < -0.3 is 10.0 Å². The molecule has 0 unspecified atom stereocenters. The van der Waals surface area contributed by atoms with Crippen LogP contribution < -0.4 is 0 Å². The Hall–Kier alpha value is -1.57. The first-order valence-corrected chi connectivity index (χ1v) is 5.41. The summed E-state index contributed by atoms with van der Waals surface area (Å²) in [6.45, 7) is -0.262. The highest BCUT2D eigenvalue weighted by molar-refractivity contribution is 5.92. The zero-order valence-electron chi connectivity index (χ0n) is 9.37. The van der Waals surface area contributed by atoms with Crippen molar-refractivity contribution in [1.82, 2.24) is 15.1 Å². The Morgan fingerprint density at radius 2 is 2.06 bits per heavy atom. The molecular weight excluding hydrogens is 251 g/mol. The van der Waals surface area contributed by atoms with Crippen LogP contribution in [0.3, 0.4) is 0 Å². The third-order valence-corrected chi connectivity index (χ3v) is 3.14. The molecule has 0 aliphatic carbocycles. The van der Waals surface area contributed by atoms with Gasteiger partial charge >= 0.3 is 6.18 Å². The number of aromatic nitrogens is 2. The molecule has 1 amide bonds. The molecule has 2 heterocycles. The van der Waals surface area contributed by atoms with Gasteiger partial charge in [-0.1, -0.05) is 0 Å². The Morgan fingerprint density at radius 3 is 2.50 bits per heavy atom. The van der Waals surface area contributed by atoms with E-state index in [2.05, 4.69) is 10.2 Å². The summed E-state index contributed by atoms with van der Waals surface area (Å²) in [6.07, 6.45) is -4.27. The van der Waals surface area contributed by atoms with Gasteiger partial charge in [-0.3, -0.25) is 9.89 Å². The van der Waals surface area contributed by atoms with E-state index in [1.165, 1.54) is 17.2 Å². The van der Waals surface area contributed by atoms with Crippen LogP contribution in [0.5, 0.6) is 0 Å². The molecule has 0 spiro atoms. The standard InChI is InChI=1S/C10H12F3N3O2/c11-10(12,13)9(18)2-5-16(6-3-9)8(17)7-1-4-14-15-7/h1,4,18H,2-3,5-6H2,(H,14,15). The highest BCUT2D eigenvalue weighted by atomic mass is 19.4. The van der Waals surface area contributed by atoms with Crippen LogP contribution in [0.15, 0.2) is 12.3 Å². The summed E-state index contributed by atoms with van der Waals surface area (Å²) < 4.78 is 37.7. The molecule has 8 heteroatoms. The van der Waals surface area contributed by atoms with Gasteiger partial charge in [-0.15, -0.1) is 0 Å². The molecule has 0 saturated carbocycles. The molecule has 100 valence electrons. The number of hydrogen-bond donors (Lipinski definition) is 2. The predicted octanol–water partition coefficient (Wildman–Crippen LogP) is 0.939. The fourth-order valence-corrected chi connectivity index (χ4v) is 1.91. The maximum atomic E-state index is 12.6. The van der Waals surface area contributed by atoms with Crippen LogP contribution in [0.25, 0.3) is 0 Å². The second kappa shape index (κ2) is 4.27. The summed E-state index contributed by atoms with van der Waals surface area (Å²) in [6, 6.07) is 1.45. The van der Waals surface area contributed by atoms with Crippen molar-refractivity contribution >= 4 is 5.91 Å². The van der Waals surface area contributed by atoms with E-state index in [0.29, 0.717) is 0 Å². The van der Waals surface area contributed by atoms with E-state index in [4.69, 9.17) is 0 Å². The number of aromatic amines is 1. The predicted molar refractivity (Wildman–Crippen MR) is 54.7 cm³/mol. The topological polar surface area (TPSA) is 69.2 Å². The second-order valence-electron chi connectivity index (χ2n) is 4.29. The Morgan fingerprint density at radius 1 is 1.44 bits per heavy atom. The van der Waals surface area contributed by atoms with Gasteiger partial charge in [0.15, 0.2) is 5.60 Å². The number of alkyl halides is 3. The lowest BCUT2D eigenvalue weighted by Crippen LogP contribution is -2.54. The first kappa shape index (κ1) is 12.9. The number of aliphatic hydroxyl groups is 1. The molecule has 0 aromatic carbocycles. The van der Waals surface area contributed by atoms with Crippen molar-refractivity contribution < 1.29 is 23.1 Å². The maximum Gasteiger partial charge on any atom is 0.417 e. The quantitative estimate of drug-likeness (QED) is 0.792. The number of piperidine rings is 1. The van der Waals surface area contributed by atoms with Crippen LogP contribution in [-0.2, 0) is 0 Å². The van der Waals surface area contributed by atoms with Crippen LogP contribution >= 0.6 is 0 Å². The molecule has 1 aliphatic heterocycles. The molecule has 18 heavy (non-hydrogen) atoms. The molecular formula is C10H12F3N3O2. The zero-order chi connectivity index (χ0) is 13.4. The van der Waals surface area contributed by atoms with Crippen LogP contribution in [0.4, 0.5) is 13.2 Å². The van der Waals surface area contributed by atoms with Crippen molar-refractivity contribution in [1.29, 1.82) is 0 Å². The van der Waals surface area contributed by atoms with Gasteiger partial charge in [0.25, 0.3) is 5.91 Å². The number of hydrogen-bond acceptors (Lipinski definition) is 3. The van der Waals surface area contributed by atoms with Gasteiger partial charge in [-0.2, -0.15) is 18.3 Å². The zero-order valence-corrected chi connectivity index (χ0v) is 9.37. The fourth-order valence-electron chi connectivity index (χ4n) is 1.91. The molecule has 2 N–H and O–H groups in total. The average molecular weight is 263 g/mol. The molecule has 1 aliphatic rings. The van der Waals surface area contributed by atoms with Gasteiger partial charge in [0.05, 0.1) is 0 Å². The number of nitrogens with one attached hydrogen (secondary N) is 1. The number of amides is 1. The lowest BCUT2D eigenvalue weighted by Gasteiger charge is -2.38. The summed E-state index contributed by atoms with van der Waals surface area (Å²) in [5.41, 5.74) is -2.45. The maximum absolute atomic E-state index is 12.6. The van der Waals surface area contributed by atoms with E-state index >= 15 is 0 Å². The molecule has 0 bridgehead atoms. The molecule has 1 saturated heterocycles. The first-order valence-electron chi connectivity index (χ1n) is 5.41. The summed E-state index contributed by atoms with van der Waals surface area (Å²) >= 11 is 0. The van der Waals surface area contributed by atoms with Crippen molar-refractivity contribution in [3.63, 3.8) is 0 Å². The molecule has 0 atom stereocenters. The van der Waals surface area contributed by atoms with Crippen molar-refractivity contribution in [3.05, 3.63) is 18.0 Å². The fraction of sp³-hybridized carbons (Fsp3) is 0.600. The monoisotopic (exact) mass is 263 g/mol. The number of H-pyrrole nitrogens is 1. The Balaban J connectivity index is 2.01. The van der Waals surface area contributed by atoms with Crippen LogP contribution in [-0.4, -0.2) is 51.0 Å². The summed E-state index contributed by atoms with van der Waals surface area (Å²) in [4.78, 5) is 13.1. The molecule has 1 fully saturated rings. The van der Waals surface area contributed by atoms with Gasteiger partial charge in [0, 0.05) is 32.1 Å². The van der Waals surface area contributed by atoms with E-state index in [-0.39, 0.29) is 18.8 Å². The first-order chi connectivity index (χ1) is 8.33. The largest absolute Gasteiger partial charge is 0.417 e. The Bertz CT molecular complexity index is 422. The normalized spacial score (nSPS) is 19.9. The van der Waals surface area contributed by atoms with Gasteiger partial charge in [0.1, 0.15) is 5.69 Å². The molecule has 0 radical (unpaired) electrons. The Labute approximate surface area is 101 Å². The lowest BCUT2D eigenvalue weighted by molar-refractivity contribution is -0.271. The minimum Gasteiger partial charge on any atom is -0.380 e. The van der Waals surface area contributed by atoms with Crippen molar-refractivity contribution in [3.8, 4) is 0 Å². The lowest BCUT2D eigenvalue weighted by atomic mass is 9.90. The van der Waals surface area contributed by atoms with Gasteiger partial charge in [0.2, 0.25) is 0 Å². The summed E-state index contributed by atoms with van der Waals surface area (Å²) in [5, 5.41) is 15.5. The van der Waals surface area contributed by atoms with E-state index < -0.39 is 30.5 Å². The smallest absolute Gasteiger partial charge is 0.380 e. The van der Waals surface area contributed by atoms with Crippen LogP contribution in [0.1, 0.15) is 23.3 Å². The SMILES string of the molecule is O=C(c1ccn[nH]1)N1CCC(O)(C(F)(F)F)CC1. The minimum atomic E-state index is -4.66. The minimum absolute atomic E-state index is 0.131. The number of halogens is 3. The number of carbonyl (C=O) groups excluding carboxylic acids is 1. The van der Waals surface area contributed by atoms with Gasteiger partial charge in [-0.05, 0) is 6.07 Å². The molecule has 2 rings (SSSR count). The highest BCUT2D eigenvalue weighted by Gasteiger charge is 2.54. The number of rotatable bonds is 1. The second-order valence-corrected chi connectivity index (χ2v) is 4.29. The van der Waals surface area contributed by atoms with E-state index in [9.17, 15) is 23.1 Å². The van der Waals surface area contributed by atoms with Crippen molar-refractivity contribution in [2.24, 2.45) is 0 Å². The van der Waals surface area contributed by atoms with E-state index in [0.717, 1.165) is 0 Å². The number of nitrogens with zero attached hydrogens (tertiary/aromatic N) is 2. The Kier molecular flexibility index (Phi) is 3.05. The van der Waals surface area contributed by atoms with Crippen molar-refractivity contribution in [2.45, 2.75) is 24.6 Å². The summed E-state index contributed by atoms with van der Waals surface area (Å²) in [7, 11) is 0. The molecule has 5 nitrogen and oxygen atoms in total. The highest BCUT2D eigenvalue weighted by Crippen LogP contribution is 2.38. The van der Waals surface area contributed by atoms with E-state index in [1.807, 2.05) is 0 Å². The van der Waals surface area contributed by atoms with Crippen molar-refractivity contribution in [2.75, 3.05) is 13.1 Å². The van der Waals surface area contributed by atoms with Gasteiger partial charge in [-0.25, -0.2) is 0 Å².